The summed E-state index contributed by atoms with van der Waals surface area (Å²) in [5, 5.41) is 28.7. The van der Waals surface area contributed by atoms with E-state index in [1.807, 2.05) is 30.3 Å². The molecule has 1 heterocycles. The summed E-state index contributed by atoms with van der Waals surface area (Å²) in [6, 6.07) is 9.29. The molecule has 3 N–H and O–H groups in total. The van der Waals surface area contributed by atoms with E-state index in [0.717, 1.165) is 5.56 Å². The van der Waals surface area contributed by atoms with Crippen molar-refractivity contribution >= 4 is 0 Å². The van der Waals surface area contributed by atoms with Crippen molar-refractivity contribution in [3.05, 3.63) is 35.9 Å². The van der Waals surface area contributed by atoms with Crippen molar-refractivity contribution in [3.8, 4) is 0 Å². The van der Waals surface area contributed by atoms with E-state index in [1.165, 1.54) is 7.11 Å². The topological polar surface area (TPSA) is 88.4 Å². The molecule has 1 saturated heterocycles. The summed E-state index contributed by atoms with van der Waals surface area (Å²) >= 11 is 0. The Bertz CT molecular complexity index is 397. The van der Waals surface area contributed by atoms with E-state index in [-0.39, 0.29) is 6.61 Å². The van der Waals surface area contributed by atoms with Gasteiger partial charge in [-0.05, 0) is 5.56 Å². The average molecular weight is 270 g/mol. The molecule has 1 aromatic rings. The van der Waals surface area contributed by atoms with Gasteiger partial charge in [0, 0.05) is 7.11 Å². The van der Waals surface area contributed by atoms with Crippen LogP contribution in [0.1, 0.15) is 5.56 Å². The van der Waals surface area contributed by atoms with E-state index < -0.39 is 30.9 Å². The lowest BCUT2D eigenvalue weighted by Gasteiger charge is -2.29. The third kappa shape index (κ3) is 2.79. The van der Waals surface area contributed by atoms with Gasteiger partial charge >= 0.3 is 5.97 Å². The number of benzene rings is 1. The standard InChI is InChI=1S/C13H18O6/c1-17-13(12(16)11(15)10(7-14)19-13)18-8-9-5-3-2-4-6-9/h2-6,10-12,14-16H,7-8H2,1H3/t10-,11+,12-,13?/m0/s1. The molecule has 0 aromatic heterocycles. The Hall–Kier alpha value is -1.02. The van der Waals surface area contributed by atoms with Gasteiger partial charge in [-0.3, -0.25) is 0 Å². The van der Waals surface area contributed by atoms with Crippen LogP contribution in [0.25, 0.3) is 0 Å². The Morgan fingerprint density at radius 1 is 1.26 bits per heavy atom. The molecule has 0 saturated carbocycles. The van der Waals surface area contributed by atoms with Crippen LogP contribution in [0.5, 0.6) is 0 Å². The summed E-state index contributed by atoms with van der Waals surface area (Å²) in [5.74, 6) is -1.76. The molecule has 1 unspecified atom stereocenters. The van der Waals surface area contributed by atoms with E-state index in [4.69, 9.17) is 19.3 Å². The summed E-state index contributed by atoms with van der Waals surface area (Å²) in [6.45, 7) is -0.283. The first kappa shape index (κ1) is 14.4. The van der Waals surface area contributed by atoms with Crippen LogP contribution in [0.15, 0.2) is 30.3 Å². The number of rotatable bonds is 5. The van der Waals surface area contributed by atoms with Gasteiger partial charge in [-0.2, -0.15) is 0 Å². The number of hydrogen-bond donors (Lipinski definition) is 3. The van der Waals surface area contributed by atoms with Gasteiger partial charge in [-0.1, -0.05) is 30.3 Å². The fourth-order valence-corrected chi connectivity index (χ4v) is 2.01. The largest absolute Gasteiger partial charge is 0.394 e. The first-order valence-electron chi connectivity index (χ1n) is 6.01. The van der Waals surface area contributed by atoms with Gasteiger partial charge in [-0.15, -0.1) is 0 Å². The predicted octanol–water partition coefficient (Wildman–Crippen LogP) is -0.384. The fraction of sp³-hybridized carbons (Fsp3) is 0.538. The minimum Gasteiger partial charge on any atom is -0.394 e. The van der Waals surface area contributed by atoms with E-state index >= 15 is 0 Å². The van der Waals surface area contributed by atoms with Gasteiger partial charge in [0.25, 0.3) is 0 Å². The lowest BCUT2D eigenvalue weighted by Crippen LogP contribution is -2.47. The number of methoxy groups -OCH3 is 1. The van der Waals surface area contributed by atoms with Crippen LogP contribution in [-0.4, -0.2) is 53.3 Å². The van der Waals surface area contributed by atoms with Crippen LogP contribution in [0.2, 0.25) is 0 Å². The molecule has 1 fully saturated rings. The maximum absolute atomic E-state index is 9.95. The number of hydrogen-bond acceptors (Lipinski definition) is 6. The Balaban J connectivity index is 2.07. The summed E-state index contributed by atoms with van der Waals surface area (Å²) in [5.41, 5.74) is 0.872. The molecule has 0 amide bonds. The van der Waals surface area contributed by atoms with Gasteiger partial charge < -0.3 is 29.5 Å². The molecule has 0 bridgehead atoms. The van der Waals surface area contributed by atoms with Crippen LogP contribution in [0.4, 0.5) is 0 Å². The monoisotopic (exact) mass is 270 g/mol. The van der Waals surface area contributed by atoms with E-state index in [0.29, 0.717) is 0 Å². The molecule has 6 nitrogen and oxygen atoms in total. The second kappa shape index (κ2) is 5.96. The zero-order chi connectivity index (χ0) is 13.9. The molecule has 2 rings (SSSR count). The Morgan fingerprint density at radius 2 is 1.95 bits per heavy atom. The third-order valence-corrected chi connectivity index (χ3v) is 3.13. The van der Waals surface area contributed by atoms with Crippen molar-refractivity contribution in [1.29, 1.82) is 0 Å². The summed E-state index contributed by atoms with van der Waals surface area (Å²) in [6.07, 6.45) is -3.59. The molecule has 19 heavy (non-hydrogen) atoms. The molecule has 1 aliphatic heterocycles. The van der Waals surface area contributed by atoms with Crippen LogP contribution < -0.4 is 0 Å². The second-order valence-electron chi connectivity index (χ2n) is 4.36. The van der Waals surface area contributed by atoms with E-state index in [2.05, 4.69) is 0 Å². The van der Waals surface area contributed by atoms with E-state index in [1.54, 1.807) is 0 Å². The van der Waals surface area contributed by atoms with Gasteiger partial charge in [-0.25, -0.2) is 0 Å². The first-order chi connectivity index (χ1) is 9.13. The second-order valence-corrected chi connectivity index (χ2v) is 4.36. The Labute approximate surface area is 111 Å². The highest BCUT2D eigenvalue weighted by Crippen LogP contribution is 2.33. The van der Waals surface area contributed by atoms with Crippen LogP contribution in [-0.2, 0) is 20.8 Å². The minimum atomic E-state index is -1.76. The molecular weight excluding hydrogens is 252 g/mol. The molecule has 4 atom stereocenters. The molecule has 106 valence electrons. The minimum absolute atomic E-state index is 0.149. The van der Waals surface area contributed by atoms with Crippen LogP contribution in [0.3, 0.4) is 0 Å². The predicted molar refractivity (Wildman–Crippen MR) is 64.9 cm³/mol. The highest BCUT2D eigenvalue weighted by molar-refractivity contribution is 5.13. The lowest BCUT2D eigenvalue weighted by molar-refractivity contribution is -0.391. The summed E-state index contributed by atoms with van der Waals surface area (Å²) in [4.78, 5) is 0. The van der Waals surface area contributed by atoms with Crippen molar-refractivity contribution < 1.29 is 29.5 Å². The maximum atomic E-state index is 9.95. The highest BCUT2D eigenvalue weighted by Gasteiger charge is 2.56. The van der Waals surface area contributed by atoms with Crippen molar-refractivity contribution in [2.45, 2.75) is 30.9 Å². The normalized spacial score (nSPS) is 34.6. The number of ether oxygens (including phenoxy) is 3. The molecule has 1 aromatic carbocycles. The molecule has 0 aliphatic carbocycles. The summed E-state index contributed by atoms with van der Waals surface area (Å²) < 4.78 is 15.8. The lowest BCUT2D eigenvalue weighted by atomic mass is 10.1. The first-order valence-corrected chi connectivity index (χ1v) is 6.01. The zero-order valence-corrected chi connectivity index (χ0v) is 10.6. The highest BCUT2D eigenvalue weighted by atomic mass is 16.9. The molecule has 0 spiro atoms. The van der Waals surface area contributed by atoms with Gasteiger partial charge in [0.15, 0.2) is 6.10 Å². The molecule has 0 radical (unpaired) electrons. The smallest absolute Gasteiger partial charge is 0.313 e. The van der Waals surface area contributed by atoms with Gasteiger partial charge in [0.2, 0.25) is 0 Å². The van der Waals surface area contributed by atoms with Crippen LogP contribution >= 0.6 is 0 Å². The summed E-state index contributed by atoms with van der Waals surface area (Å²) in [7, 11) is 1.31. The molecule has 6 heteroatoms. The van der Waals surface area contributed by atoms with Crippen molar-refractivity contribution in [2.24, 2.45) is 0 Å². The van der Waals surface area contributed by atoms with Gasteiger partial charge in [0.1, 0.15) is 12.2 Å². The third-order valence-electron chi connectivity index (χ3n) is 3.13. The quantitative estimate of drug-likeness (QED) is 0.632. The fourth-order valence-electron chi connectivity index (χ4n) is 2.01. The Kier molecular flexibility index (Phi) is 4.51. The van der Waals surface area contributed by atoms with Crippen molar-refractivity contribution in [3.63, 3.8) is 0 Å². The van der Waals surface area contributed by atoms with Crippen LogP contribution in [0, 0.1) is 0 Å². The van der Waals surface area contributed by atoms with Crippen molar-refractivity contribution in [1.82, 2.24) is 0 Å². The SMILES string of the molecule is COC1(OCc2ccccc2)O[C@@H](CO)[C@@H](O)[C@@H]1O. The van der Waals surface area contributed by atoms with Crippen molar-refractivity contribution in [2.75, 3.05) is 13.7 Å². The van der Waals surface area contributed by atoms with Gasteiger partial charge in [0.05, 0.1) is 13.2 Å². The molecular formula is C13H18O6. The number of aliphatic hydroxyl groups is 3. The number of aliphatic hydroxyl groups excluding tert-OH is 3. The molecule has 1 aliphatic rings. The Morgan fingerprint density at radius 3 is 2.47 bits per heavy atom. The average Bonchev–Trinajstić information content (AvgIpc) is 2.71. The zero-order valence-electron chi connectivity index (χ0n) is 10.6. The maximum Gasteiger partial charge on any atom is 0.313 e. The van der Waals surface area contributed by atoms with E-state index in [9.17, 15) is 10.2 Å².